The molecule has 1 aliphatic rings. The largest absolute Gasteiger partial charge is 0.308 e. The van der Waals surface area contributed by atoms with Crippen LogP contribution in [0.15, 0.2) is 34.1 Å². The Morgan fingerprint density at radius 3 is 3.33 bits per heavy atom. The lowest BCUT2D eigenvalue weighted by atomic mass is 10.1. The molecule has 2 aromatic rings. The van der Waals surface area contributed by atoms with Gasteiger partial charge in [-0.05, 0) is 29.5 Å². The molecule has 0 bridgehead atoms. The molecule has 3 nitrogen and oxygen atoms in total. The second-order valence-electron chi connectivity index (χ2n) is 4.60. The average molecular weight is 279 g/mol. The molecule has 0 radical (unpaired) electrons. The highest BCUT2D eigenvalue weighted by molar-refractivity contribution is 8.01. The van der Waals surface area contributed by atoms with E-state index in [9.17, 15) is 0 Å². The third kappa shape index (κ3) is 2.63. The Morgan fingerprint density at radius 2 is 2.50 bits per heavy atom. The van der Waals surface area contributed by atoms with Crippen LogP contribution in [0.4, 0.5) is 0 Å². The Bertz CT molecular complexity index is 492. The first-order chi connectivity index (χ1) is 8.83. The van der Waals surface area contributed by atoms with Crippen LogP contribution in [-0.2, 0) is 6.54 Å². The van der Waals surface area contributed by atoms with Gasteiger partial charge in [0.15, 0.2) is 0 Å². The molecule has 0 fully saturated rings. The van der Waals surface area contributed by atoms with Gasteiger partial charge in [0, 0.05) is 30.2 Å². The van der Waals surface area contributed by atoms with Crippen molar-refractivity contribution in [2.45, 2.75) is 35.4 Å². The number of aromatic nitrogens is 2. The van der Waals surface area contributed by atoms with Crippen molar-refractivity contribution >= 4 is 23.1 Å². The molecule has 0 aliphatic carbocycles. The van der Waals surface area contributed by atoms with Crippen LogP contribution in [0.3, 0.4) is 0 Å². The summed E-state index contributed by atoms with van der Waals surface area (Å²) in [4.78, 5) is 0. The molecule has 0 spiro atoms. The number of thiophene rings is 1. The van der Waals surface area contributed by atoms with Crippen LogP contribution in [0.25, 0.3) is 0 Å². The second kappa shape index (κ2) is 5.47. The maximum atomic E-state index is 4.22. The zero-order valence-electron chi connectivity index (χ0n) is 10.4. The van der Waals surface area contributed by atoms with Gasteiger partial charge in [0.2, 0.25) is 0 Å². The molecule has 2 atom stereocenters. The highest BCUT2D eigenvalue weighted by Gasteiger charge is 2.25. The predicted octanol–water partition coefficient (Wildman–Crippen LogP) is 3.16. The molecule has 96 valence electrons. The zero-order valence-corrected chi connectivity index (χ0v) is 12.0. The summed E-state index contributed by atoms with van der Waals surface area (Å²) in [6.45, 7) is 4.22. The van der Waals surface area contributed by atoms with Gasteiger partial charge >= 0.3 is 0 Å². The van der Waals surface area contributed by atoms with Crippen LogP contribution in [0.1, 0.15) is 24.9 Å². The molecular weight excluding hydrogens is 262 g/mol. The van der Waals surface area contributed by atoms with Gasteiger partial charge in [0.1, 0.15) is 0 Å². The Kier molecular flexibility index (Phi) is 3.72. The maximum Gasteiger partial charge on any atom is 0.0649 e. The van der Waals surface area contributed by atoms with Crippen LogP contribution in [0, 0.1) is 0 Å². The van der Waals surface area contributed by atoms with E-state index in [0.29, 0.717) is 11.3 Å². The number of nitrogens with zero attached hydrogens (tertiary/aromatic N) is 2. The number of thioether (sulfide) groups is 1. The first-order valence-corrected chi connectivity index (χ1v) is 8.04. The molecule has 2 aromatic heterocycles. The van der Waals surface area contributed by atoms with Crippen molar-refractivity contribution < 1.29 is 0 Å². The van der Waals surface area contributed by atoms with Gasteiger partial charge < -0.3 is 5.32 Å². The SMILES string of the molecule is C[C@H]1CC(NCCn2cccn2)c2ccsc2S1. The van der Waals surface area contributed by atoms with E-state index < -0.39 is 0 Å². The number of hydrogen-bond donors (Lipinski definition) is 1. The van der Waals surface area contributed by atoms with Gasteiger partial charge in [-0.3, -0.25) is 4.68 Å². The molecule has 0 saturated carbocycles. The van der Waals surface area contributed by atoms with E-state index in [1.54, 1.807) is 0 Å². The minimum Gasteiger partial charge on any atom is -0.308 e. The van der Waals surface area contributed by atoms with Gasteiger partial charge in [0.25, 0.3) is 0 Å². The van der Waals surface area contributed by atoms with Crippen LogP contribution in [0.2, 0.25) is 0 Å². The first-order valence-electron chi connectivity index (χ1n) is 6.28. The van der Waals surface area contributed by atoms with Crippen molar-refractivity contribution in [1.29, 1.82) is 0 Å². The molecule has 0 amide bonds. The normalized spacial score (nSPS) is 22.9. The van der Waals surface area contributed by atoms with E-state index >= 15 is 0 Å². The van der Waals surface area contributed by atoms with Crippen LogP contribution in [-0.4, -0.2) is 21.6 Å². The third-order valence-corrected chi connectivity index (χ3v) is 5.54. The molecular formula is C13H17N3S2. The van der Waals surface area contributed by atoms with Gasteiger partial charge in [-0.25, -0.2) is 0 Å². The number of rotatable bonds is 4. The van der Waals surface area contributed by atoms with Crippen molar-refractivity contribution in [2.75, 3.05) is 6.54 Å². The zero-order chi connectivity index (χ0) is 12.4. The van der Waals surface area contributed by atoms with Gasteiger partial charge in [0.05, 0.1) is 10.8 Å². The Labute approximate surface area is 116 Å². The van der Waals surface area contributed by atoms with E-state index in [0.717, 1.165) is 13.1 Å². The van der Waals surface area contributed by atoms with E-state index in [1.165, 1.54) is 16.2 Å². The molecule has 1 unspecified atom stereocenters. The standard InChI is InChI=1S/C13H17N3S2/c1-10-9-12(11-3-8-17-13(11)18-10)14-5-7-16-6-2-4-15-16/h2-4,6,8,10,12,14H,5,7,9H2,1H3/t10-,12?/m0/s1. The molecule has 3 heterocycles. The molecule has 3 rings (SSSR count). The van der Waals surface area contributed by atoms with Crippen LogP contribution < -0.4 is 5.32 Å². The lowest BCUT2D eigenvalue weighted by molar-refractivity contribution is 0.457. The fourth-order valence-corrected chi connectivity index (χ4v) is 4.90. The smallest absolute Gasteiger partial charge is 0.0649 e. The van der Waals surface area contributed by atoms with E-state index in [4.69, 9.17) is 0 Å². The van der Waals surface area contributed by atoms with E-state index in [2.05, 4.69) is 28.8 Å². The third-order valence-electron chi connectivity index (χ3n) is 3.20. The molecule has 1 N–H and O–H groups in total. The summed E-state index contributed by atoms with van der Waals surface area (Å²) in [5.41, 5.74) is 1.49. The van der Waals surface area contributed by atoms with Crippen molar-refractivity contribution in [3.63, 3.8) is 0 Å². The van der Waals surface area contributed by atoms with Crippen molar-refractivity contribution in [3.05, 3.63) is 35.5 Å². The van der Waals surface area contributed by atoms with Crippen LogP contribution >= 0.6 is 23.1 Å². The lowest BCUT2D eigenvalue weighted by Crippen LogP contribution is -2.29. The molecule has 0 aromatic carbocycles. The second-order valence-corrected chi connectivity index (χ2v) is 7.23. The lowest BCUT2D eigenvalue weighted by Gasteiger charge is -2.27. The number of hydrogen-bond acceptors (Lipinski definition) is 4. The fraction of sp³-hybridized carbons (Fsp3) is 0.462. The molecule has 0 saturated heterocycles. The molecule has 1 aliphatic heterocycles. The first kappa shape index (κ1) is 12.3. The van der Waals surface area contributed by atoms with Crippen LogP contribution in [0.5, 0.6) is 0 Å². The molecule has 5 heteroatoms. The predicted molar refractivity (Wildman–Crippen MR) is 77.2 cm³/mol. The summed E-state index contributed by atoms with van der Waals surface area (Å²) in [7, 11) is 0. The van der Waals surface area contributed by atoms with Crippen molar-refractivity contribution in [1.82, 2.24) is 15.1 Å². The maximum absolute atomic E-state index is 4.22. The van der Waals surface area contributed by atoms with Crippen molar-refractivity contribution in [3.8, 4) is 0 Å². The molecule has 18 heavy (non-hydrogen) atoms. The quantitative estimate of drug-likeness (QED) is 0.932. The topological polar surface area (TPSA) is 29.9 Å². The van der Waals surface area contributed by atoms with Gasteiger partial charge in [-0.2, -0.15) is 5.10 Å². The summed E-state index contributed by atoms with van der Waals surface area (Å²) in [6, 6.07) is 4.75. The van der Waals surface area contributed by atoms with Gasteiger partial charge in [-0.15, -0.1) is 23.1 Å². The number of fused-ring (bicyclic) bond motifs is 1. The summed E-state index contributed by atoms with van der Waals surface area (Å²) >= 11 is 3.88. The Balaban J connectivity index is 1.60. The number of nitrogens with one attached hydrogen (secondary N) is 1. The fourth-order valence-electron chi connectivity index (χ4n) is 2.33. The minimum absolute atomic E-state index is 0.512. The Morgan fingerprint density at radius 1 is 1.56 bits per heavy atom. The average Bonchev–Trinajstić information content (AvgIpc) is 2.98. The highest BCUT2D eigenvalue weighted by Crippen LogP contribution is 2.43. The Hall–Kier alpha value is -0.780. The summed E-state index contributed by atoms with van der Waals surface area (Å²) < 4.78 is 3.47. The summed E-state index contributed by atoms with van der Waals surface area (Å²) in [5.74, 6) is 0. The minimum atomic E-state index is 0.512. The van der Waals surface area contributed by atoms with E-state index in [1.807, 2.05) is 46.2 Å². The van der Waals surface area contributed by atoms with E-state index in [-0.39, 0.29) is 0 Å². The highest BCUT2D eigenvalue weighted by atomic mass is 32.2. The van der Waals surface area contributed by atoms with Gasteiger partial charge in [-0.1, -0.05) is 6.92 Å². The monoisotopic (exact) mass is 279 g/mol. The summed E-state index contributed by atoms with van der Waals surface area (Å²) in [6.07, 6.45) is 5.06. The summed E-state index contributed by atoms with van der Waals surface area (Å²) in [5, 5.41) is 10.8. The van der Waals surface area contributed by atoms with Crippen molar-refractivity contribution in [2.24, 2.45) is 0 Å².